The summed E-state index contributed by atoms with van der Waals surface area (Å²) < 4.78 is 5.14. The van der Waals surface area contributed by atoms with E-state index in [1.54, 1.807) is 25.3 Å². The Morgan fingerprint density at radius 2 is 2.14 bits per heavy atom. The van der Waals surface area contributed by atoms with E-state index >= 15 is 0 Å². The molecule has 1 aromatic rings. The van der Waals surface area contributed by atoms with E-state index in [9.17, 15) is 9.59 Å². The highest BCUT2D eigenvalue weighted by Gasteiger charge is 2.19. The number of carbonyl (C=O) groups is 2. The maximum atomic E-state index is 11.8. The summed E-state index contributed by atoms with van der Waals surface area (Å²) in [6, 6.07) is 3.77. The summed E-state index contributed by atoms with van der Waals surface area (Å²) in [5, 5.41) is 14.1. The first-order chi connectivity index (χ1) is 9.97. The molecule has 7 heteroatoms. The number of nitrogens with one attached hydrogen (secondary N) is 2. The van der Waals surface area contributed by atoms with Gasteiger partial charge in [-0.05, 0) is 49.1 Å². The van der Waals surface area contributed by atoms with Crippen LogP contribution in [0.2, 0.25) is 0 Å². The van der Waals surface area contributed by atoms with Crippen LogP contribution in [-0.2, 0) is 4.79 Å². The van der Waals surface area contributed by atoms with Crippen LogP contribution in [0, 0.1) is 6.92 Å². The molecule has 0 radical (unpaired) electrons. The second-order valence-electron chi connectivity index (χ2n) is 4.46. The highest BCUT2D eigenvalue weighted by atomic mass is 32.2. The van der Waals surface area contributed by atoms with E-state index in [0.717, 1.165) is 11.3 Å². The SMILES string of the molecule is COc1ccc(NC(=O)NC(CCSC)C(=O)O)cc1C. The minimum atomic E-state index is -1.04. The van der Waals surface area contributed by atoms with Crippen molar-refractivity contribution in [3.05, 3.63) is 23.8 Å². The van der Waals surface area contributed by atoms with E-state index < -0.39 is 18.0 Å². The zero-order valence-electron chi connectivity index (χ0n) is 12.3. The van der Waals surface area contributed by atoms with Crippen LogP contribution in [0.1, 0.15) is 12.0 Å². The van der Waals surface area contributed by atoms with Gasteiger partial charge in [-0.2, -0.15) is 11.8 Å². The van der Waals surface area contributed by atoms with Gasteiger partial charge >= 0.3 is 12.0 Å². The third-order valence-electron chi connectivity index (χ3n) is 2.87. The molecule has 1 unspecified atom stereocenters. The average molecular weight is 312 g/mol. The van der Waals surface area contributed by atoms with Crippen molar-refractivity contribution in [3.8, 4) is 5.75 Å². The van der Waals surface area contributed by atoms with Gasteiger partial charge in [-0.1, -0.05) is 0 Å². The number of carbonyl (C=O) groups excluding carboxylic acids is 1. The lowest BCUT2D eigenvalue weighted by molar-refractivity contribution is -0.139. The molecule has 0 aliphatic heterocycles. The first-order valence-electron chi connectivity index (χ1n) is 6.41. The number of benzene rings is 1. The van der Waals surface area contributed by atoms with Crippen LogP contribution in [0.5, 0.6) is 5.75 Å². The van der Waals surface area contributed by atoms with Gasteiger partial charge in [-0.15, -0.1) is 0 Å². The Bertz CT molecular complexity index is 508. The summed E-state index contributed by atoms with van der Waals surface area (Å²) in [5.74, 6) is 0.355. The van der Waals surface area contributed by atoms with Crippen LogP contribution in [0.25, 0.3) is 0 Å². The van der Waals surface area contributed by atoms with E-state index in [1.807, 2.05) is 13.2 Å². The summed E-state index contributed by atoms with van der Waals surface area (Å²) in [6.07, 6.45) is 2.27. The van der Waals surface area contributed by atoms with E-state index in [1.165, 1.54) is 11.8 Å². The molecule has 0 fully saturated rings. The summed E-state index contributed by atoms with van der Waals surface area (Å²) in [4.78, 5) is 22.9. The monoisotopic (exact) mass is 312 g/mol. The van der Waals surface area contributed by atoms with Gasteiger partial charge in [0.05, 0.1) is 7.11 Å². The van der Waals surface area contributed by atoms with Crippen molar-refractivity contribution in [3.63, 3.8) is 0 Å². The van der Waals surface area contributed by atoms with Crippen molar-refractivity contribution in [2.24, 2.45) is 0 Å². The molecule has 0 bridgehead atoms. The largest absolute Gasteiger partial charge is 0.496 e. The molecule has 0 spiro atoms. The van der Waals surface area contributed by atoms with Crippen molar-refractivity contribution in [2.45, 2.75) is 19.4 Å². The molecule has 1 rings (SSSR count). The molecule has 0 aromatic heterocycles. The van der Waals surface area contributed by atoms with Crippen molar-refractivity contribution in [1.82, 2.24) is 5.32 Å². The Balaban J connectivity index is 2.63. The van der Waals surface area contributed by atoms with Crippen molar-refractivity contribution < 1.29 is 19.4 Å². The molecule has 1 atom stereocenters. The molecule has 0 aliphatic carbocycles. The first-order valence-corrected chi connectivity index (χ1v) is 7.81. The minimum absolute atomic E-state index is 0.381. The van der Waals surface area contributed by atoms with Gasteiger partial charge < -0.3 is 20.5 Å². The van der Waals surface area contributed by atoms with Gasteiger partial charge in [0.15, 0.2) is 0 Å². The standard InChI is InChI=1S/C14H20N2O4S/c1-9-8-10(4-5-12(9)20-2)15-14(19)16-11(13(17)18)6-7-21-3/h4-5,8,11H,6-7H2,1-3H3,(H,17,18)(H2,15,16,19). The minimum Gasteiger partial charge on any atom is -0.496 e. The fourth-order valence-corrected chi connectivity index (χ4v) is 2.25. The number of methoxy groups -OCH3 is 1. The van der Waals surface area contributed by atoms with Crippen LogP contribution in [0.3, 0.4) is 0 Å². The Morgan fingerprint density at radius 3 is 2.67 bits per heavy atom. The number of thioether (sulfide) groups is 1. The fraction of sp³-hybridized carbons (Fsp3) is 0.429. The number of aliphatic carboxylic acids is 1. The van der Waals surface area contributed by atoms with Crippen LogP contribution in [-0.4, -0.2) is 42.3 Å². The molecule has 0 saturated heterocycles. The van der Waals surface area contributed by atoms with Crippen molar-refractivity contribution in [1.29, 1.82) is 0 Å². The molecule has 3 N–H and O–H groups in total. The summed E-state index contributed by atoms with van der Waals surface area (Å²) in [7, 11) is 1.57. The number of carboxylic acid groups (broad SMARTS) is 1. The topological polar surface area (TPSA) is 87.7 Å². The summed E-state index contributed by atoms with van der Waals surface area (Å²) in [5.41, 5.74) is 1.47. The zero-order valence-corrected chi connectivity index (χ0v) is 13.1. The van der Waals surface area contributed by atoms with Crippen LogP contribution >= 0.6 is 11.8 Å². The number of aryl methyl sites for hydroxylation is 1. The molecule has 116 valence electrons. The predicted molar refractivity (Wildman–Crippen MR) is 84.3 cm³/mol. The summed E-state index contributed by atoms with van der Waals surface area (Å²) >= 11 is 1.54. The van der Waals surface area contributed by atoms with Gasteiger partial charge in [0.2, 0.25) is 0 Å². The number of rotatable bonds is 7. The second-order valence-corrected chi connectivity index (χ2v) is 5.44. The normalized spacial score (nSPS) is 11.6. The zero-order chi connectivity index (χ0) is 15.8. The quantitative estimate of drug-likeness (QED) is 0.719. The number of amides is 2. The fourth-order valence-electron chi connectivity index (χ4n) is 1.77. The van der Waals surface area contributed by atoms with Gasteiger partial charge in [-0.25, -0.2) is 9.59 Å². The highest BCUT2D eigenvalue weighted by molar-refractivity contribution is 7.98. The van der Waals surface area contributed by atoms with Crippen LogP contribution in [0.15, 0.2) is 18.2 Å². The molecule has 0 aliphatic rings. The smallest absolute Gasteiger partial charge is 0.326 e. The van der Waals surface area contributed by atoms with Gasteiger partial charge in [0, 0.05) is 5.69 Å². The maximum Gasteiger partial charge on any atom is 0.326 e. The van der Waals surface area contributed by atoms with Gasteiger partial charge in [0.25, 0.3) is 0 Å². The number of urea groups is 1. The highest BCUT2D eigenvalue weighted by Crippen LogP contribution is 2.21. The number of hydrogen-bond acceptors (Lipinski definition) is 4. The Hall–Kier alpha value is -1.89. The molecule has 2 amide bonds. The Labute approximate surface area is 128 Å². The molecule has 0 saturated carbocycles. The lowest BCUT2D eigenvalue weighted by Crippen LogP contribution is -2.43. The Kier molecular flexibility index (Phi) is 6.87. The number of ether oxygens (including phenoxy) is 1. The lowest BCUT2D eigenvalue weighted by Gasteiger charge is -2.15. The molecule has 1 aromatic carbocycles. The van der Waals surface area contributed by atoms with E-state index in [2.05, 4.69) is 10.6 Å². The molecule has 21 heavy (non-hydrogen) atoms. The number of carboxylic acids is 1. The van der Waals surface area contributed by atoms with Gasteiger partial charge in [-0.3, -0.25) is 0 Å². The molecule has 6 nitrogen and oxygen atoms in total. The molecular weight excluding hydrogens is 292 g/mol. The van der Waals surface area contributed by atoms with E-state index in [4.69, 9.17) is 9.84 Å². The number of anilines is 1. The van der Waals surface area contributed by atoms with Gasteiger partial charge in [0.1, 0.15) is 11.8 Å². The van der Waals surface area contributed by atoms with E-state index in [0.29, 0.717) is 17.9 Å². The first kappa shape index (κ1) is 17.2. The third kappa shape index (κ3) is 5.55. The van der Waals surface area contributed by atoms with Crippen molar-refractivity contribution >= 4 is 29.4 Å². The predicted octanol–water partition coefficient (Wildman–Crippen LogP) is 2.33. The number of hydrogen-bond donors (Lipinski definition) is 3. The lowest BCUT2D eigenvalue weighted by atomic mass is 10.2. The third-order valence-corrected chi connectivity index (χ3v) is 3.51. The van der Waals surface area contributed by atoms with Crippen molar-refractivity contribution in [2.75, 3.05) is 24.4 Å². The Morgan fingerprint density at radius 1 is 1.43 bits per heavy atom. The maximum absolute atomic E-state index is 11.8. The van der Waals surface area contributed by atoms with E-state index in [-0.39, 0.29) is 0 Å². The van der Waals surface area contributed by atoms with Crippen LogP contribution in [0.4, 0.5) is 10.5 Å². The average Bonchev–Trinajstić information content (AvgIpc) is 2.43. The van der Waals surface area contributed by atoms with Crippen LogP contribution < -0.4 is 15.4 Å². The molecular formula is C14H20N2O4S. The molecule has 0 heterocycles. The summed E-state index contributed by atoms with van der Waals surface area (Å²) in [6.45, 7) is 1.86. The second kappa shape index (κ2) is 8.41.